The lowest BCUT2D eigenvalue weighted by Crippen LogP contribution is -2.41. The van der Waals surface area contributed by atoms with Crippen LogP contribution in [0.25, 0.3) is 0 Å². The number of piperidine rings is 1. The molecule has 0 spiro atoms. The average molecular weight is 287 g/mol. The summed E-state index contributed by atoms with van der Waals surface area (Å²) in [4.78, 5) is 5.86. The normalized spacial score (nSPS) is 20.5. The molecule has 1 atom stereocenters. The molecule has 2 rings (SSSR count). The molecule has 1 aliphatic heterocycles. The molecule has 1 aromatic rings. The molecular weight excluding hydrogens is 269 g/mol. The monoisotopic (exact) mass is 287 g/mol. The van der Waals surface area contributed by atoms with Gasteiger partial charge >= 0.3 is 0 Å². The van der Waals surface area contributed by atoms with E-state index in [1.54, 1.807) is 12.1 Å². The number of halogens is 1. The van der Waals surface area contributed by atoms with E-state index in [0.717, 1.165) is 25.6 Å². The van der Waals surface area contributed by atoms with Gasteiger partial charge < -0.3 is 4.90 Å². The zero-order valence-corrected chi connectivity index (χ0v) is 11.7. The lowest BCUT2D eigenvalue weighted by molar-refractivity contribution is 0.408. The molecule has 0 bridgehead atoms. The fourth-order valence-electron chi connectivity index (χ4n) is 2.28. The van der Waals surface area contributed by atoms with Crippen LogP contribution in [-0.2, 0) is 10.0 Å². The predicted molar refractivity (Wildman–Crippen MR) is 72.0 cm³/mol. The van der Waals surface area contributed by atoms with Crippen molar-refractivity contribution in [2.75, 3.05) is 30.8 Å². The Labute approximate surface area is 112 Å². The van der Waals surface area contributed by atoms with Gasteiger partial charge in [-0.2, -0.15) is 4.39 Å². The van der Waals surface area contributed by atoms with Crippen molar-refractivity contribution < 1.29 is 12.8 Å². The average Bonchev–Trinajstić information content (AvgIpc) is 2.36. The van der Waals surface area contributed by atoms with E-state index in [1.165, 1.54) is 6.07 Å². The first kappa shape index (κ1) is 14.2. The Kier molecular flexibility index (Phi) is 4.36. The van der Waals surface area contributed by atoms with Crippen LogP contribution in [0.1, 0.15) is 12.8 Å². The summed E-state index contributed by atoms with van der Waals surface area (Å²) in [5, 5.41) is 0. The van der Waals surface area contributed by atoms with E-state index in [-0.39, 0.29) is 5.92 Å². The summed E-state index contributed by atoms with van der Waals surface area (Å²) in [5.74, 6) is 0.353. The summed E-state index contributed by atoms with van der Waals surface area (Å²) in [6.45, 7) is 1.94. The largest absolute Gasteiger partial charge is 0.356 e. The Bertz CT molecular complexity index is 536. The van der Waals surface area contributed by atoms with Crippen molar-refractivity contribution in [1.29, 1.82) is 0 Å². The number of rotatable bonds is 4. The second-order valence-corrected chi connectivity index (χ2v) is 6.73. The molecule has 0 radical (unpaired) electrons. The molecule has 0 unspecified atom stereocenters. The van der Waals surface area contributed by atoms with Gasteiger partial charge in [0.2, 0.25) is 16.0 Å². The molecule has 19 heavy (non-hydrogen) atoms. The molecule has 1 aliphatic rings. The molecule has 0 aliphatic carbocycles. The molecule has 0 amide bonds. The number of pyridine rings is 1. The summed E-state index contributed by atoms with van der Waals surface area (Å²) < 4.78 is 37.8. The first-order chi connectivity index (χ1) is 8.94. The maximum Gasteiger partial charge on any atom is 0.214 e. The molecule has 0 aromatic carbocycles. The fraction of sp³-hybridized carbons (Fsp3) is 0.583. The Morgan fingerprint density at radius 1 is 1.53 bits per heavy atom. The number of anilines is 1. The predicted octanol–water partition coefficient (Wildman–Crippen LogP) is 0.986. The number of hydrogen-bond donors (Lipinski definition) is 1. The quantitative estimate of drug-likeness (QED) is 0.839. The van der Waals surface area contributed by atoms with Gasteiger partial charge in [-0.25, -0.2) is 18.1 Å². The van der Waals surface area contributed by atoms with Gasteiger partial charge in [0.05, 0.1) is 6.26 Å². The fourth-order valence-corrected chi connectivity index (χ4v) is 2.82. The van der Waals surface area contributed by atoms with Crippen LogP contribution >= 0.6 is 0 Å². The minimum absolute atomic E-state index is 0.230. The third-order valence-electron chi connectivity index (χ3n) is 3.18. The first-order valence-electron chi connectivity index (χ1n) is 6.26. The van der Waals surface area contributed by atoms with E-state index in [4.69, 9.17) is 0 Å². The van der Waals surface area contributed by atoms with Crippen molar-refractivity contribution in [2.24, 2.45) is 5.92 Å². The molecule has 7 heteroatoms. The first-order valence-corrected chi connectivity index (χ1v) is 8.15. The Balaban J connectivity index is 1.97. The van der Waals surface area contributed by atoms with Crippen LogP contribution in [0.5, 0.6) is 0 Å². The SMILES string of the molecule is CS(=O)(=O)NC[C@@H]1CCCN(c2cccc(F)n2)C1. The highest BCUT2D eigenvalue weighted by molar-refractivity contribution is 7.88. The van der Waals surface area contributed by atoms with Gasteiger partial charge in [0.25, 0.3) is 0 Å². The summed E-state index contributed by atoms with van der Waals surface area (Å²) in [6, 6.07) is 4.72. The molecular formula is C12H18FN3O2S. The van der Waals surface area contributed by atoms with Crippen LogP contribution in [0.2, 0.25) is 0 Å². The second-order valence-electron chi connectivity index (χ2n) is 4.89. The molecule has 1 aromatic heterocycles. The summed E-state index contributed by atoms with van der Waals surface area (Å²) >= 11 is 0. The third-order valence-corrected chi connectivity index (χ3v) is 3.87. The van der Waals surface area contributed by atoms with Crippen LogP contribution in [0, 0.1) is 11.9 Å². The number of hydrogen-bond acceptors (Lipinski definition) is 4. The zero-order valence-electron chi connectivity index (χ0n) is 10.8. The van der Waals surface area contributed by atoms with Crippen molar-refractivity contribution in [3.05, 3.63) is 24.1 Å². The standard InChI is InChI=1S/C12H18FN3O2S/c1-19(17,18)14-8-10-4-3-7-16(9-10)12-6-2-5-11(13)15-12/h2,5-6,10,14H,3-4,7-9H2,1H3/t10-/m0/s1. The van der Waals surface area contributed by atoms with Crippen molar-refractivity contribution in [3.8, 4) is 0 Å². The van der Waals surface area contributed by atoms with Gasteiger partial charge in [-0.1, -0.05) is 6.07 Å². The molecule has 106 valence electrons. The maximum atomic E-state index is 13.1. The van der Waals surface area contributed by atoms with Crippen LogP contribution in [0.15, 0.2) is 18.2 Å². The van der Waals surface area contributed by atoms with Crippen LogP contribution in [0.3, 0.4) is 0 Å². The topological polar surface area (TPSA) is 62.3 Å². The van der Waals surface area contributed by atoms with Gasteiger partial charge in [0, 0.05) is 19.6 Å². The van der Waals surface area contributed by atoms with E-state index in [9.17, 15) is 12.8 Å². The maximum absolute atomic E-state index is 13.1. The van der Waals surface area contributed by atoms with E-state index < -0.39 is 16.0 Å². The Morgan fingerprint density at radius 2 is 2.32 bits per heavy atom. The molecule has 0 saturated carbocycles. The minimum Gasteiger partial charge on any atom is -0.356 e. The lowest BCUT2D eigenvalue weighted by Gasteiger charge is -2.33. The zero-order chi connectivity index (χ0) is 13.9. The lowest BCUT2D eigenvalue weighted by atomic mass is 9.98. The van der Waals surface area contributed by atoms with Crippen molar-refractivity contribution in [1.82, 2.24) is 9.71 Å². The molecule has 1 fully saturated rings. The highest BCUT2D eigenvalue weighted by atomic mass is 32.2. The van der Waals surface area contributed by atoms with E-state index in [1.807, 2.05) is 4.90 Å². The van der Waals surface area contributed by atoms with Crippen LogP contribution in [0.4, 0.5) is 10.2 Å². The van der Waals surface area contributed by atoms with Crippen molar-refractivity contribution in [3.63, 3.8) is 0 Å². The molecule has 2 heterocycles. The Hall–Kier alpha value is -1.21. The summed E-state index contributed by atoms with van der Waals surface area (Å²) in [6.07, 6.45) is 3.07. The van der Waals surface area contributed by atoms with Gasteiger partial charge in [-0.05, 0) is 30.9 Å². The van der Waals surface area contributed by atoms with E-state index in [0.29, 0.717) is 18.9 Å². The molecule has 1 N–H and O–H groups in total. The highest BCUT2D eigenvalue weighted by Gasteiger charge is 2.21. The van der Waals surface area contributed by atoms with Gasteiger partial charge in [0.15, 0.2) is 0 Å². The smallest absolute Gasteiger partial charge is 0.214 e. The van der Waals surface area contributed by atoms with Crippen molar-refractivity contribution in [2.45, 2.75) is 12.8 Å². The number of sulfonamides is 1. The highest BCUT2D eigenvalue weighted by Crippen LogP contribution is 2.21. The Morgan fingerprint density at radius 3 is 3.00 bits per heavy atom. The number of aromatic nitrogens is 1. The number of nitrogens with zero attached hydrogens (tertiary/aromatic N) is 2. The van der Waals surface area contributed by atoms with Crippen LogP contribution in [-0.4, -0.2) is 39.3 Å². The second kappa shape index (κ2) is 5.83. The molecule has 1 saturated heterocycles. The van der Waals surface area contributed by atoms with Gasteiger partial charge in [-0.15, -0.1) is 0 Å². The van der Waals surface area contributed by atoms with Gasteiger partial charge in [0.1, 0.15) is 5.82 Å². The minimum atomic E-state index is -3.16. The summed E-state index contributed by atoms with van der Waals surface area (Å²) in [7, 11) is -3.16. The van der Waals surface area contributed by atoms with E-state index in [2.05, 4.69) is 9.71 Å². The third kappa shape index (κ3) is 4.43. The van der Waals surface area contributed by atoms with E-state index >= 15 is 0 Å². The van der Waals surface area contributed by atoms with Crippen LogP contribution < -0.4 is 9.62 Å². The van der Waals surface area contributed by atoms with Crippen molar-refractivity contribution >= 4 is 15.8 Å². The summed E-state index contributed by atoms with van der Waals surface area (Å²) in [5.41, 5.74) is 0. The number of nitrogens with one attached hydrogen (secondary N) is 1. The molecule has 5 nitrogen and oxygen atoms in total. The van der Waals surface area contributed by atoms with Gasteiger partial charge in [-0.3, -0.25) is 0 Å².